The van der Waals surface area contributed by atoms with E-state index in [0.29, 0.717) is 12.5 Å². The molecule has 0 bridgehead atoms. The van der Waals surface area contributed by atoms with E-state index in [2.05, 4.69) is 13.8 Å². The van der Waals surface area contributed by atoms with E-state index in [1.807, 2.05) is 0 Å². The molecule has 1 atom stereocenters. The van der Waals surface area contributed by atoms with E-state index in [0.717, 1.165) is 0 Å². The van der Waals surface area contributed by atoms with Crippen LogP contribution >= 0.6 is 0 Å². The molecular formula is C26H54O. The Labute approximate surface area is 173 Å². The van der Waals surface area contributed by atoms with Gasteiger partial charge in [-0.25, -0.2) is 0 Å². The lowest BCUT2D eigenvalue weighted by molar-refractivity contribution is 0.227. The highest BCUT2D eigenvalue weighted by Crippen LogP contribution is 2.15. The van der Waals surface area contributed by atoms with E-state index in [4.69, 9.17) is 5.11 Å². The third kappa shape index (κ3) is 23.9. The summed E-state index contributed by atoms with van der Waals surface area (Å²) in [6, 6.07) is 0. The van der Waals surface area contributed by atoms with Gasteiger partial charge in [0.2, 0.25) is 0 Å². The molecule has 164 valence electrons. The summed E-state index contributed by atoms with van der Waals surface area (Å²) in [6.45, 7) is 4.81. The van der Waals surface area contributed by atoms with Crippen LogP contribution in [0.5, 0.6) is 0 Å². The van der Waals surface area contributed by atoms with Crippen molar-refractivity contribution in [1.29, 1.82) is 0 Å². The third-order valence-electron chi connectivity index (χ3n) is 6.11. The van der Waals surface area contributed by atoms with Gasteiger partial charge < -0.3 is 5.11 Å². The van der Waals surface area contributed by atoms with Gasteiger partial charge in [-0.3, -0.25) is 0 Å². The number of aliphatic hydroxyl groups excluding tert-OH is 1. The topological polar surface area (TPSA) is 20.2 Å². The van der Waals surface area contributed by atoms with Crippen LogP contribution in [-0.2, 0) is 0 Å². The van der Waals surface area contributed by atoms with Gasteiger partial charge in [0.15, 0.2) is 0 Å². The van der Waals surface area contributed by atoms with Crippen LogP contribution in [0.25, 0.3) is 0 Å². The summed E-state index contributed by atoms with van der Waals surface area (Å²) in [7, 11) is 0. The predicted molar refractivity (Wildman–Crippen MR) is 123 cm³/mol. The molecule has 0 saturated heterocycles. The second kappa shape index (κ2) is 24.0. The van der Waals surface area contributed by atoms with E-state index in [1.54, 1.807) is 0 Å². The molecule has 0 aromatic carbocycles. The van der Waals surface area contributed by atoms with E-state index in [9.17, 15) is 0 Å². The second-order valence-electron chi connectivity index (χ2n) is 9.15. The molecule has 0 saturated carbocycles. The first-order valence-corrected chi connectivity index (χ1v) is 12.9. The molecule has 27 heavy (non-hydrogen) atoms. The van der Waals surface area contributed by atoms with Crippen LogP contribution in [0.15, 0.2) is 0 Å². The first-order chi connectivity index (χ1) is 13.3. The Bertz CT molecular complexity index is 251. The molecule has 1 heteroatoms. The van der Waals surface area contributed by atoms with Gasteiger partial charge >= 0.3 is 0 Å². The van der Waals surface area contributed by atoms with Crippen LogP contribution in [0.1, 0.15) is 155 Å². The van der Waals surface area contributed by atoms with Crippen molar-refractivity contribution in [2.24, 2.45) is 5.92 Å². The van der Waals surface area contributed by atoms with Gasteiger partial charge in [0.05, 0.1) is 0 Å². The summed E-state index contributed by atoms with van der Waals surface area (Å²) in [5.41, 5.74) is 0. The molecule has 0 fully saturated rings. The van der Waals surface area contributed by atoms with Gasteiger partial charge in [0, 0.05) is 6.61 Å². The molecule has 0 unspecified atom stereocenters. The van der Waals surface area contributed by atoms with Crippen molar-refractivity contribution >= 4 is 0 Å². The normalized spacial score (nSPS) is 12.6. The Kier molecular flexibility index (Phi) is 24.0. The van der Waals surface area contributed by atoms with Crippen molar-refractivity contribution in [3.05, 3.63) is 0 Å². The number of rotatable bonds is 23. The first-order valence-electron chi connectivity index (χ1n) is 12.9. The molecule has 0 heterocycles. The molecule has 0 aliphatic rings. The molecular weight excluding hydrogens is 328 g/mol. The highest BCUT2D eigenvalue weighted by Gasteiger charge is 1.99. The standard InChI is InChI=1S/C26H54O/c1-3-4-5-6-7-8-9-10-11-12-13-14-15-16-17-18-19-20-21-22-23-24-26(2)25-27/h26-27H,3-25H2,1-2H3/t26-/m1/s1. The third-order valence-corrected chi connectivity index (χ3v) is 6.11. The molecule has 0 radical (unpaired) electrons. The van der Waals surface area contributed by atoms with Crippen LogP contribution in [0.4, 0.5) is 0 Å². The lowest BCUT2D eigenvalue weighted by atomic mass is 10.0. The molecule has 0 aliphatic heterocycles. The van der Waals surface area contributed by atoms with Crippen LogP contribution in [-0.4, -0.2) is 11.7 Å². The molecule has 0 aromatic rings. The second-order valence-corrected chi connectivity index (χ2v) is 9.15. The zero-order valence-corrected chi connectivity index (χ0v) is 19.3. The molecule has 1 nitrogen and oxygen atoms in total. The van der Waals surface area contributed by atoms with Gasteiger partial charge in [0.1, 0.15) is 0 Å². The van der Waals surface area contributed by atoms with Crippen molar-refractivity contribution in [3.63, 3.8) is 0 Å². The highest BCUT2D eigenvalue weighted by molar-refractivity contribution is 4.53. The van der Waals surface area contributed by atoms with E-state index in [-0.39, 0.29) is 0 Å². The average Bonchev–Trinajstić information content (AvgIpc) is 2.68. The van der Waals surface area contributed by atoms with Gasteiger partial charge in [-0.1, -0.05) is 149 Å². The molecule has 1 N–H and O–H groups in total. The van der Waals surface area contributed by atoms with Gasteiger partial charge in [-0.05, 0) is 12.3 Å². The summed E-state index contributed by atoms with van der Waals surface area (Å²) in [5, 5.41) is 9.00. The number of hydrogen-bond acceptors (Lipinski definition) is 1. The van der Waals surface area contributed by atoms with E-state index >= 15 is 0 Å². The van der Waals surface area contributed by atoms with Crippen molar-refractivity contribution in [1.82, 2.24) is 0 Å². The molecule has 0 aromatic heterocycles. The minimum atomic E-state index is 0.360. The van der Waals surface area contributed by atoms with E-state index in [1.165, 1.54) is 141 Å². The summed E-state index contributed by atoms with van der Waals surface area (Å²) >= 11 is 0. The summed E-state index contributed by atoms with van der Waals surface area (Å²) in [6.07, 6.45) is 31.5. The fourth-order valence-electron chi connectivity index (χ4n) is 4.02. The fraction of sp³-hybridized carbons (Fsp3) is 1.00. The van der Waals surface area contributed by atoms with Crippen LogP contribution in [0, 0.1) is 5.92 Å². The van der Waals surface area contributed by atoms with E-state index < -0.39 is 0 Å². The fourth-order valence-corrected chi connectivity index (χ4v) is 4.02. The Morgan fingerprint density at radius 2 is 0.704 bits per heavy atom. The van der Waals surface area contributed by atoms with Crippen molar-refractivity contribution in [3.8, 4) is 0 Å². The van der Waals surface area contributed by atoms with Gasteiger partial charge in [-0.15, -0.1) is 0 Å². The first kappa shape index (κ1) is 27.0. The lowest BCUT2D eigenvalue weighted by Gasteiger charge is -2.07. The summed E-state index contributed by atoms with van der Waals surface area (Å²) < 4.78 is 0. The minimum absolute atomic E-state index is 0.360. The smallest absolute Gasteiger partial charge is 0.0456 e. The highest BCUT2D eigenvalue weighted by atomic mass is 16.3. The van der Waals surface area contributed by atoms with Crippen LogP contribution < -0.4 is 0 Å². The SMILES string of the molecule is CCCCCCCCCCCCCCCCCCCCCCC[C@@H](C)CO. The lowest BCUT2D eigenvalue weighted by Crippen LogP contribution is -1.99. The molecule has 0 spiro atoms. The van der Waals surface area contributed by atoms with Crippen molar-refractivity contribution < 1.29 is 5.11 Å². The summed E-state index contributed by atoms with van der Waals surface area (Å²) in [5.74, 6) is 0.505. The minimum Gasteiger partial charge on any atom is -0.396 e. The zero-order valence-electron chi connectivity index (χ0n) is 19.3. The van der Waals surface area contributed by atoms with Crippen molar-refractivity contribution in [2.75, 3.05) is 6.61 Å². The maximum absolute atomic E-state index is 9.00. The Morgan fingerprint density at radius 3 is 0.963 bits per heavy atom. The van der Waals surface area contributed by atoms with Crippen LogP contribution in [0.3, 0.4) is 0 Å². The number of aliphatic hydroxyl groups is 1. The Hall–Kier alpha value is -0.0400. The maximum Gasteiger partial charge on any atom is 0.0456 e. The summed E-state index contributed by atoms with van der Waals surface area (Å²) in [4.78, 5) is 0. The quantitative estimate of drug-likeness (QED) is 0.175. The van der Waals surface area contributed by atoms with Crippen LogP contribution in [0.2, 0.25) is 0 Å². The molecule has 0 rings (SSSR count). The number of hydrogen-bond donors (Lipinski definition) is 1. The molecule has 0 amide bonds. The van der Waals surface area contributed by atoms with Gasteiger partial charge in [-0.2, -0.15) is 0 Å². The Balaban J connectivity index is 2.99. The Morgan fingerprint density at radius 1 is 0.444 bits per heavy atom. The monoisotopic (exact) mass is 382 g/mol. The average molecular weight is 383 g/mol. The van der Waals surface area contributed by atoms with Gasteiger partial charge in [0.25, 0.3) is 0 Å². The maximum atomic E-state index is 9.00. The molecule has 0 aliphatic carbocycles. The largest absolute Gasteiger partial charge is 0.396 e. The number of unbranched alkanes of at least 4 members (excludes halogenated alkanes) is 20. The zero-order chi connectivity index (χ0) is 19.8. The predicted octanol–water partition coefficient (Wildman–Crippen LogP) is 9.22. The van der Waals surface area contributed by atoms with Crippen molar-refractivity contribution in [2.45, 2.75) is 155 Å².